The van der Waals surface area contributed by atoms with E-state index in [1.165, 1.54) is 0 Å². The van der Waals surface area contributed by atoms with E-state index < -0.39 is 0 Å². The summed E-state index contributed by atoms with van der Waals surface area (Å²) >= 11 is 0. The topological polar surface area (TPSA) is 97.5 Å². The average Bonchev–Trinajstić information content (AvgIpc) is 2.13. The molecule has 0 aromatic rings. The lowest BCUT2D eigenvalue weighted by atomic mass is 9.94. The second-order valence-corrected chi connectivity index (χ2v) is 3.58. The second-order valence-electron chi connectivity index (χ2n) is 3.58. The monoisotopic (exact) mass is 194 g/mol. The molecular formula is C8H14N6. The molecule has 0 aromatic heterocycles. The number of azide groups is 2. The highest BCUT2D eigenvalue weighted by atomic mass is 15.2. The van der Waals surface area contributed by atoms with E-state index in [0.717, 1.165) is 38.5 Å². The predicted molar refractivity (Wildman–Crippen MR) is 53.6 cm³/mol. The van der Waals surface area contributed by atoms with Crippen LogP contribution in [0.15, 0.2) is 10.2 Å². The van der Waals surface area contributed by atoms with Crippen molar-refractivity contribution in [2.45, 2.75) is 50.6 Å². The van der Waals surface area contributed by atoms with Gasteiger partial charge in [0.2, 0.25) is 0 Å². The molecule has 0 radical (unpaired) electrons. The third-order valence-corrected chi connectivity index (χ3v) is 2.58. The van der Waals surface area contributed by atoms with Crippen molar-refractivity contribution in [1.29, 1.82) is 0 Å². The number of nitrogens with zero attached hydrogens (tertiary/aromatic N) is 6. The summed E-state index contributed by atoms with van der Waals surface area (Å²) in [6.07, 6.45) is 5.63. The van der Waals surface area contributed by atoms with Gasteiger partial charge in [-0.2, -0.15) is 0 Å². The van der Waals surface area contributed by atoms with E-state index in [0.29, 0.717) is 0 Å². The number of hydrogen-bond donors (Lipinski definition) is 0. The molecule has 1 fully saturated rings. The minimum Gasteiger partial charge on any atom is -0.0906 e. The van der Waals surface area contributed by atoms with Crippen molar-refractivity contribution in [1.82, 2.24) is 0 Å². The fourth-order valence-electron chi connectivity index (χ4n) is 1.84. The maximum atomic E-state index is 8.31. The quantitative estimate of drug-likeness (QED) is 0.364. The van der Waals surface area contributed by atoms with Crippen molar-refractivity contribution in [2.75, 3.05) is 0 Å². The SMILES string of the molecule is [N-]=[N+]=NC1CCCC(N=[N+]=[N-])CCC1. The van der Waals surface area contributed by atoms with Gasteiger partial charge in [0.1, 0.15) is 0 Å². The third-order valence-electron chi connectivity index (χ3n) is 2.58. The van der Waals surface area contributed by atoms with Crippen LogP contribution >= 0.6 is 0 Å². The Balaban J connectivity index is 2.42. The molecule has 0 N–H and O–H groups in total. The predicted octanol–water partition coefficient (Wildman–Crippen LogP) is 3.70. The highest BCUT2D eigenvalue weighted by Crippen LogP contribution is 2.21. The van der Waals surface area contributed by atoms with Gasteiger partial charge in [-0.25, -0.2) is 0 Å². The molecule has 0 atom stereocenters. The van der Waals surface area contributed by atoms with Crippen LogP contribution in [-0.4, -0.2) is 12.1 Å². The first-order valence-corrected chi connectivity index (χ1v) is 4.95. The number of rotatable bonds is 2. The van der Waals surface area contributed by atoms with Crippen LogP contribution in [0.25, 0.3) is 20.9 Å². The van der Waals surface area contributed by atoms with Gasteiger partial charge in [-0.05, 0) is 36.7 Å². The zero-order chi connectivity index (χ0) is 10.2. The van der Waals surface area contributed by atoms with Crippen molar-refractivity contribution in [3.05, 3.63) is 20.9 Å². The molecule has 0 heterocycles. The summed E-state index contributed by atoms with van der Waals surface area (Å²) in [6.45, 7) is 0. The average molecular weight is 194 g/mol. The number of hydrogen-bond acceptors (Lipinski definition) is 2. The Labute approximate surface area is 82.6 Å². The van der Waals surface area contributed by atoms with E-state index >= 15 is 0 Å². The molecule has 0 saturated heterocycles. The van der Waals surface area contributed by atoms with Crippen LogP contribution in [-0.2, 0) is 0 Å². The summed E-state index contributed by atoms with van der Waals surface area (Å²) in [7, 11) is 0. The molecule has 0 unspecified atom stereocenters. The van der Waals surface area contributed by atoms with Gasteiger partial charge in [-0.3, -0.25) is 0 Å². The van der Waals surface area contributed by atoms with Crippen LogP contribution in [0.2, 0.25) is 0 Å². The fourth-order valence-corrected chi connectivity index (χ4v) is 1.84. The first-order chi connectivity index (χ1) is 6.86. The summed E-state index contributed by atoms with van der Waals surface area (Å²) in [5.74, 6) is 0. The van der Waals surface area contributed by atoms with Crippen molar-refractivity contribution in [3.8, 4) is 0 Å². The Morgan fingerprint density at radius 2 is 1.14 bits per heavy atom. The van der Waals surface area contributed by atoms with Gasteiger partial charge in [0.15, 0.2) is 0 Å². The van der Waals surface area contributed by atoms with Gasteiger partial charge >= 0.3 is 0 Å². The molecular weight excluding hydrogens is 180 g/mol. The molecule has 0 bridgehead atoms. The molecule has 0 aliphatic heterocycles. The van der Waals surface area contributed by atoms with Crippen LogP contribution in [0.1, 0.15) is 38.5 Å². The first kappa shape index (κ1) is 10.7. The smallest absolute Gasteiger partial charge is 0.0374 e. The van der Waals surface area contributed by atoms with Gasteiger partial charge in [0.05, 0.1) is 0 Å². The molecule has 1 rings (SSSR count). The molecule has 76 valence electrons. The zero-order valence-corrected chi connectivity index (χ0v) is 8.08. The lowest BCUT2D eigenvalue weighted by molar-refractivity contribution is 0.416. The molecule has 0 spiro atoms. The summed E-state index contributed by atoms with van der Waals surface area (Å²) in [5.41, 5.74) is 16.6. The summed E-state index contributed by atoms with van der Waals surface area (Å²) in [6, 6.07) is 0.291. The van der Waals surface area contributed by atoms with Gasteiger partial charge in [-0.1, -0.05) is 23.1 Å². The minimum atomic E-state index is 0.145. The van der Waals surface area contributed by atoms with E-state index in [9.17, 15) is 0 Å². The minimum absolute atomic E-state index is 0.145. The van der Waals surface area contributed by atoms with Crippen LogP contribution < -0.4 is 0 Å². The van der Waals surface area contributed by atoms with E-state index in [1.807, 2.05) is 0 Å². The van der Waals surface area contributed by atoms with Gasteiger partial charge < -0.3 is 0 Å². The molecule has 14 heavy (non-hydrogen) atoms. The summed E-state index contributed by atoms with van der Waals surface area (Å²) in [4.78, 5) is 5.66. The van der Waals surface area contributed by atoms with Crippen LogP contribution in [0.3, 0.4) is 0 Å². The first-order valence-electron chi connectivity index (χ1n) is 4.95. The molecule has 0 amide bonds. The van der Waals surface area contributed by atoms with Gasteiger partial charge in [-0.15, -0.1) is 0 Å². The molecule has 1 aliphatic rings. The maximum absolute atomic E-state index is 8.31. The highest BCUT2D eigenvalue weighted by Gasteiger charge is 2.14. The van der Waals surface area contributed by atoms with Crippen molar-refractivity contribution < 1.29 is 0 Å². The lowest BCUT2D eigenvalue weighted by Crippen LogP contribution is -2.12. The van der Waals surface area contributed by atoms with Gasteiger partial charge in [0.25, 0.3) is 0 Å². The molecule has 6 heteroatoms. The zero-order valence-electron chi connectivity index (χ0n) is 8.08. The van der Waals surface area contributed by atoms with Crippen molar-refractivity contribution in [3.63, 3.8) is 0 Å². The molecule has 6 nitrogen and oxygen atoms in total. The Hall–Kier alpha value is -1.38. The summed E-state index contributed by atoms with van der Waals surface area (Å²) in [5, 5.41) is 7.47. The molecule has 1 aliphatic carbocycles. The Morgan fingerprint density at radius 3 is 1.43 bits per heavy atom. The molecule has 1 saturated carbocycles. The lowest BCUT2D eigenvalue weighted by Gasteiger charge is -2.18. The normalized spacial score (nSPS) is 27.7. The highest BCUT2D eigenvalue weighted by molar-refractivity contribution is 4.76. The van der Waals surface area contributed by atoms with E-state index in [1.54, 1.807) is 0 Å². The third kappa shape index (κ3) is 3.56. The summed E-state index contributed by atoms with van der Waals surface area (Å²) < 4.78 is 0. The van der Waals surface area contributed by atoms with Gasteiger partial charge in [0, 0.05) is 21.9 Å². The largest absolute Gasteiger partial charge is 0.0906 e. The Kier molecular flexibility index (Phi) is 4.69. The van der Waals surface area contributed by atoms with E-state index in [-0.39, 0.29) is 12.1 Å². The van der Waals surface area contributed by atoms with E-state index in [4.69, 9.17) is 11.1 Å². The fraction of sp³-hybridized carbons (Fsp3) is 1.00. The van der Waals surface area contributed by atoms with Crippen LogP contribution in [0.5, 0.6) is 0 Å². The van der Waals surface area contributed by atoms with Crippen LogP contribution in [0.4, 0.5) is 0 Å². The Bertz CT molecular complexity index is 227. The molecule has 0 aromatic carbocycles. The second kappa shape index (κ2) is 6.13. The Morgan fingerprint density at radius 1 is 0.786 bits per heavy atom. The standard InChI is InChI=1S/C8H14N6/c9-13-11-7-3-1-4-8(12-14-10)6-2-5-7/h7-8H,1-6H2. The maximum Gasteiger partial charge on any atom is 0.0374 e. The van der Waals surface area contributed by atoms with Crippen molar-refractivity contribution >= 4 is 0 Å². The van der Waals surface area contributed by atoms with Crippen molar-refractivity contribution in [2.24, 2.45) is 10.2 Å². The van der Waals surface area contributed by atoms with E-state index in [2.05, 4.69) is 20.1 Å². The van der Waals surface area contributed by atoms with Crippen LogP contribution in [0, 0.1) is 0 Å².